The number of aryl methyl sites for hydroxylation is 1. The molecule has 5 nitrogen and oxygen atoms in total. The quantitative estimate of drug-likeness (QED) is 0.648. The molecule has 0 spiro atoms. The van der Waals surface area contributed by atoms with Gasteiger partial charge in [-0.2, -0.15) is 0 Å². The minimum Gasteiger partial charge on any atom is -0.484 e. The molecule has 2 amide bonds. The molecule has 0 unspecified atom stereocenters. The number of likely N-dealkylation sites (tertiary alicyclic amines) is 1. The van der Waals surface area contributed by atoms with Gasteiger partial charge in [0.05, 0.1) is 0 Å². The number of ether oxygens (including phenoxy) is 1. The van der Waals surface area contributed by atoms with Crippen molar-refractivity contribution in [2.75, 3.05) is 19.7 Å². The van der Waals surface area contributed by atoms with Gasteiger partial charge in [0.15, 0.2) is 6.61 Å². The molecule has 1 aromatic rings. The molecule has 0 atom stereocenters. The molecule has 166 valence electrons. The minimum absolute atomic E-state index is 0.0354. The van der Waals surface area contributed by atoms with Crippen molar-refractivity contribution in [1.82, 2.24) is 10.2 Å². The number of hydrogen-bond acceptors (Lipinski definition) is 3. The summed E-state index contributed by atoms with van der Waals surface area (Å²) in [6.07, 6.45) is 12.2. The lowest BCUT2D eigenvalue weighted by atomic mass is 9.86. The predicted molar refractivity (Wildman–Crippen MR) is 119 cm³/mol. The number of rotatable bonds is 9. The van der Waals surface area contributed by atoms with Crippen molar-refractivity contribution < 1.29 is 14.3 Å². The summed E-state index contributed by atoms with van der Waals surface area (Å²) in [6, 6.07) is 8.09. The SMILES string of the molecule is CCCc1ccc(OCC(=O)NC2CCN(C(=O)CCC3CCCCC3)CC2)cc1. The Morgan fingerprint density at radius 1 is 1.03 bits per heavy atom. The summed E-state index contributed by atoms with van der Waals surface area (Å²) in [4.78, 5) is 26.7. The highest BCUT2D eigenvalue weighted by Crippen LogP contribution is 2.27. The molecule has 2 fully saturated rings. The second kappa shape index (κ2) is 12.0. The lowest BCUT2D eigenvalue weighted by Crippen LogP contribution is -2.47. The van der Waals surface area contributed by atoms with Crippen molar-refractivity contribution >= 4 is 11.8 Å². The van der Waals surface area contributed by atoms with Crippen LogP contribution in [-0.2, 0) is 16.0 Å². The average molecular weight is 415 g/mol. The fraction of sp³-hybridized carbons (Fsp3) is 0.680. The molecule has 1 saturated heterocycles. The Kier molecular flexibility index (Phi) is 9.03. The fourth-order valence-corrected chi connectivity index (χ4v) is 4.69. The minimum atomic E-state index is -0.0882. The first kappa shape index (κ1) is 22.6. The van der Waals surface area contributed by atoms with Gasteiger partial charge in [-0.3, -0.25) is 9.59 Å². The first-order chi connectivity index (χ1) is 14.6. The zero-order valence-corrected chi connectivity index (χ0v) is 18.5. The molecule has 1 aliphatic carbocycles. The van der Waals surface area contributed by atoms with Crippen LogP contribution in [0.2, 0.25) is 0 Å². The topological polar surface area (TPSA) is 58.6 Å². The normalized spacial score (nSPS) is 18.2. The summed E-state index contributed by atoms with van der Waals surface area (Å²) in [5.41, 5.74) is 1.29. The Morgan fingerprint density at radius 2 is 1.73 bits per heavy atom. The molecular weight excluding hydrogens is 376 g/mol. The maximum absolute atomic E-state index is 12.5. The van der Waals surface area contributed by atoms with E-state index >= 15 is 0 Å². The van der Waals surface area contributed by atoms with Crippen molar-refractivity contribution in [3.8, 4) is 5.75 Å². The molecule has 1 saturated carbocycles. The Labute approximate surface area is 181 Å². The maximum Gasteiger partial charge on any atom is 0.258 e. The molecule has 0 bridgehead atoms. The third-order valence-corrected chi connectivity index (χ3v) is 6.54. The van der Waals surface area contributed by atoms with Gasteiger partial charge < -0.3 is 15.0 Å². The first-order valence-electron chi connectivity index (χ1n) is 11.9. The predicted octanol–water partition coefficient (Wildman–Crippen LogP) is 4.49. The van der Waals surface area contributed by atoms with Gasteiger partial charge >= 0.3 is 0 Å². The van der Waals surface area contributed by atoms with E-state index in [4.69, 9.17) is 4.74 Å². The molecule has 30 heavy (non-hydrogen) atoms. The van der Waals surface area contributed by atoms with Gasteiger partial charge in [-0.1, -0.05) is 57.6 Å². The van der Waals surface area contributed by atoms with E-state index in [0.29, 0.717) is 12.3 Å². The number of carbonyl (C=O) groups is 2. The Balaban J connectivity index is 1.30. The van der Waals surface area contributed by atoms with E-state index in [1.54, 1.807) is 0 Å². The van der Waals surface area contributed by atoms with E-state index in [0.717, 1.165) is 56.9 Å². The summed E-state index contributed by atoms with van der Waals surface area (Å²) in [5, 5.41) is 3.06. The zero-order valence-electron chi connectivity index (χ0n) is 18.5. The van der Waals surface area contributed by atoms with E-state index in [2.05, 4.69) is 24.4 Å². The van der Waals surface area contributed by atoms with Crippen LogP contribution >= 0.6 is 0 Å². The van der Waals surface area contributed by atoms with Crippen LogP contribution in [0.3, 0.4) is 0 Å². The summed E-state index contributed by atoms with van der Waals surface area (Å²) in [6.45, 7) is 3.68. The Hall–Kier alpha value is -2.04. The maximum atomic E-state index is 12.5. The average Bonchev–Trinajstić information content (AvgIpc) is 2.78. The number of nitrogens with one attached hydrogen (secondary N) is 1. The molecule has 1 N–H and O–H groups in total. The van der Waals surface area contributed by atoms with Crippen molar-refractivity contribution in [2.45, 2.75) is 83.6 Å². The molecule has 5 heteroatoms. The van der Waals surface area contributed by atoms with Gasteiger partial charge in [0.1, 0.15) is 5.75 Å². The highest BCUT2D eigenvalue weighted by molar-refractivity contribution is 5.78. The Bertz CT molecular complexity index is 659. The molecule has 1 aliphatic heterocycles. The van der Waals surface area contributed by atoms with E-state index in [1.165, 1.54) is 37.7 Å². The van der Waals surface area contributed by atoms with Gasteiger partial charge in [0, 0.05) is 25.6 Å². The number of benzene rings is 1. The number of amides is 2. The van der Waals surface area contributed by atoms with Crippen LogP contribution in [0.5, 0.6) is 5.75 Å². The lowest BCUT2D eigenvalue weighted by molar-refractivity contribution is -0.132. The highest BCUT2D eigenvalue weighted by Gasteiger charge is 2.24. The molecule has 0 radical (unpaired) electrons. The lowest BCUT2D eigenvalue weighted by Gasteiger charge is -2.33. The van der Waals surface area contributed by atoms with Gasteiger partial charge in [-0.05, 0) is 49.3 Å². The van der Waals surface area contributed by atoms with Crippen LogP contribution in [0.25, 0.3) is 0 Å². The molecular formula is C25H38N2O3. The zero-order chi connectivity index (χ0) is 21.2. The second-order valence-electron chi connectivity index (χ2n) is 8.95. The van der Waals surface area contributed by atoms with E-state index in [9.17, 15) is 9.59 Å². The molecule has 2 aliphatic rings. The summed E-state index contributed by atoms with van der Waals surface area (Å²) in [5.74, 6) is 1.68. The third-order valence-electron chi connectivity index (χ3n) is 6.54. The summed E-state index contributed by atoms with van der Waals surface area (Å²) < 4.78 is 5.61. The van der Waals surface area contributed by atoms with E-state index in [1.807, 2.05) is 17.0 Å². The fourth-order valence-electron chi connectivity index (χ4n) is 4.69. The number of carbonyl (C=O) groups excluding carboxylic acids is 2. The van der Waals surface area contributed by atoms with Gasteiger partial charge in [0.25, 0.3) is 5.91 Å². The van der Waals surface area contributed by atoms with Crippen molar-refractivity contribution in [3.05, 3.63) is 29.8 Å². The van der Waals surface area contributed by atoms with Crippen molar-refractivity contribution in [3.63, 3.8) is 0 Å². The Morgan fingerprint density at radius 3 is 2.40 bits per heavy atom. The number of nitrogens with zero attached hydrogens (tertiary/aromatic N) is 1. The van der Waals surface area contributed by atoms with Crippen molar-refractivity contribution in [1.29, 1.82) is 0 Å². The molecule has 3 rings (SSSR count). The molecule has 1 aromatic carbocycles. The van der Waals surface area contributed by atoms with Crippen LogP contribution in [0, 0.1) is 5.92 Å². The molecule has 0 aromatic heterocycles. The number of hydrogen-bond donors (Lipinski definition) is 1. The largest absolute Gasteiger partial charge is 0.484 e. The van der Waals surface area contributed by atoms with Crippen LogP contribution in [0.1, 0.15) is 76.7 Å². The van der Waals surface area contributed by atoms with Gasteiger partial charge in [-0.25, -0.2) is 0 Å². The van der Waals surface area contributed by atoms with Gasteiger partial charge in [-0.15, -0.1) is 0 Å². The van der Waals surface area contributed by atoms with Crippen molar-refractivity contribution in [2.24, 2.45) is 5.92 Å². The summed E-state index contributed by atoms with van der Waals surface area (Å²) >= 11 is 0. The van der Waals surface area contributed by atoms with Crippen LogP contribution in [-0.4, -0.2) is 42.5 Å². The highest BCUT2D eigenvalue weighted by atomic mass is 16.5. The standard InChI is InChI=1S/C25H38N2O3/c1-2-6-20-9-12-23(13-10-20)30-19-24(28)26-22-15-17-27(18-16-22)25(29)14-11-21-7-4-3-5-8-21/h9-10,12-13,21-22H,2-8,11,14-19H2,1H3,(H,26,28). The third kappa shape index (κ3) is 7.33. The smallest absolute Gasteiger partial charge is 0.258 e. The molecule has 1 heterocycles. The van der Waals surface area contributed by atoms with E-state index < -0.39 is 0 Å². The van der Waals surface area contributed by atoms with Crippen LogP contribution in [0.15, 0.2) is 24.3 Å². The first-order valence-corrected chi connectivity index (χ1v) is 11.9. The number of piperidine rings is 1. The van der Waals surface area contributed by atoms with Crippen LogP contribution < -0.4 is 10.1 Å². The summed E-state index contributed by atoms with van der Waals surface area (Å²) in [7, 11) is 0. The van der Waals surface area contributed by atoms with E-state index in [-0.39, 0.29) is 18.6 Å². The second-order valence-corrected chi connectivity index (χ2v) is 8.95. The van der Waals surface area contributed by atoms with Gasteiger partial charge in [0.2, 0.25) is 5.91 Å². The monoisotopic (exact) mass is 414 g/mol. The van der Waals surface area contributed by atoms with Crippen LogP contribution in [0.4, 0.5) is 0 Å².